The van der Waals surface area contributed by atoms with E-state index in [0.717, 1.165) is 23.0 Å². The zero-order chi connectivity index (χ0) is 67.8. The molecule has 0 fully saturated rings. The van der Waals surface area contributed by atoms with Gasteiger partial charge < -0.3 is 0 Å². The number of anilines is 2. The number of pyridine rings is 3. The molecular weight excluding hydrogens is 1290 g/mol. The van der Waals surface area contributed by atoms with Crippen molar-refractivity contribution < 1.29 is 17.1 Å². The Morgan fingerprint density at radius 1 is 0.250 bits per heavy atom. The van der Waals surface area contributed by atoms with Gasteiger partial charge in [0.2, 0.25) is 0 Å². The molecule has 486 valence electrons. The fourth-order valence-electron chi connectivity index (χ4n) is 13.1. The summed E-state index contributed by atoms with van der Waals surface area (Å²) in [5.41, 5.74) is 12.5. The van der Waals surface area contributed by atoms with Crippen LogP contribution >= 0.6 is 16.1 Å². The van der Waals surface area contributed by atoms with Crippen molar-refractivity contribution in [3.8, 4) is 17.5 Å². The van der Waals surface area contributed by atoms with Crippen LogP contribution in [0.3, 0.4) is 0 Å². The van der Waals surface area contributed by atoms with Crippen LogP contribution in [0.4, 0.5) is 11.6 Å². The number of nitrogens with zero attached hydrogens (tertiary/aromatic N) is 4. The number of hydrogen-bond acceptors (Lipinski definition) is 6. The van der Waals surface area contributed by atoms with Gasteiger partial charge in [-0.2, -0.15) is 49.0 Å². The normalized spacial score (nSPS) is 10.5. The molecule has 12 aromatic carbocycles. The number of nitrogens with one attached hydrogen (secondary N) is 2. The first kappa shape index (κ1) is 71.5. The van der Waals surface area contributed by atoms with Crippen LogP contribution in [0.2, 0.25) is 0 Å². The first-order valence-corrected chi connectivity index (χ1v) is 36.4. The molecule has 0 amide bonds. The van der Waals surface area contributed by atoms with E-state index in [4.69, 9.17) is 10.2 Å². The Morgan fingerprint density at radius 3 is 0.610 bits per heavy atom. The first-order valence-electron chi connectivity index (χ1n) is 33.4. The van der Waals surface area contributed by atoms with Gasteiger partial charge in [0.25, 0.3) is 0 Å². The summed E-state index contributed by atoms with van der Waals surface area (Å²) in [5, 5.41) is 20.1. The van der Waals surface area contributed by atoms with Crippen LogP contribution < -0.4 is 75.1 Å². The summed E-state index contributed by atoms with van der Waals surface area (Å²) >= 11 is 0. The van der Waals surface area contributed by atoms with Gasteiger partial charge in [0.15, 0.2) is 27.8 Å². The predicted molar refractivity (Wildman–Crippen MR) is 431 cm³/mol. The van der Waals surface area contributed by atoms with Crippen molar-refractivity contribution in [1.82, 2.24) is 15.0 Å². The second kappa shape index (κ2) is 38.0. The van der Waals surface area contributed by atoms with Gasteiger partial charge in [0, 0.05) is 19.3 Å². The van der Waals surface area contributed by atoms with E-state index < -0.39 is 28.4 Å². The number of hydrogen-bond donors (Lipinski definition) is 2. The summed E-state index contributed by atoms with van der Waals surface area (Å²) < 4.78 is 0. The molecule has 0 atom stereocenters. The van der Waals surface area contributed by atoms with Gasteiger partial charge >= 0.3 is 17.1 Å². The summed E-state index contributed by atoms with van der Waals surface area (Å²) in [7, 11) is -2.46. The van der Waals surface area contributed by atoms with Crippen LogP contribution in [-0.2, 0) is 17.1 Å². The number of aromatic nitrogens is 3. The Kier molecular flexibility index (Phi) is 27.2. The van der Waals surface area contributed by atoms with Gasteiger partial charge in [0.1, 0.15) is 33.5 Å². The molecule has 0 aliphatic heterocycles. The molecule has 2 N–H and O–H groups in total. The van der Waals surface area contributed by atoms with Crippen molar-refractivity contribution >= 4 is 105 Å². The molecule has 15 aromatic rings. The fourth-order valence-corrected chi connectivity index (χ4v) is 17.3. The van der Waals surface area contributed by atoms with E-state index in [1.165, 1.54) is 71.8 Å². The summed E-state index contributed by atoms with van der Waals surface area (Å²) in [5.74, 6) is 1.77. The van der Waals surface area contributed by atoms with Gasteiger partial charge in [-0.25, -0.2) is 15.2 Å². The van der Waals surface area contributed by atoms with Crippen LogP contribution in [0.15, 0.2) is 431 Å². The molecule has 0 aliphatic carbocycles. The van der Waals surface area contributed by atoms with Crippen molar-refractivity contribution in [3.05, 3.63) is 431 Å². The average molecular weight is 1370 g/mol. The van der Waals surface area contributed by atoms with Crippen molar-refractivity contribution in [2.24, 2.45) is 0 Å². The molecule has 0 saturated carbocycles. The van der Waals surface area contributed by atoms with Crippen LogP contribution in [-0.4, -0.2) is 27.2 Å². The summed E-state index contributed by atoms with van der Waals surface area (Å²) in [6, 6.07) is 149. The zero-order valence-corrected chi connectivity index (χ0v) is 58.9. The SMILES string of the molecule is CC#N.[Fe+2].c1ccc(-c2ccccn2)nc1.c1ccc([B-](c2ccccc2)(c2ccccc2)c2ccccc2)cc1.c1ccc([B-](c2ccccc2)(c2ccccc2)c2ccccc2)cc1.c1ccc([PH+](Nc2cccc(N[PH+](c3ccccc3)c3ccccc3)n2)c2ccccc2)cc1. The number of benzene rings is 12. The molecule has 0 aliphatic rings. The molecular formula is C89H78B2FeN6P2+2. The quantitative estimate of drug-likeness (QED) is 0.0698. The minimum absolute atomic E-state index is 0. The number of nitriles is 1. The third-order valence-corrected chi connectivity index (χ3v) is 22.1. The second-order valence-corrected chi connectivity index (χ2v) is 27.9. The largest absolute Gasteiger partial charge is 2.00 e. The molecule has 0 bridgehead atoms. The Bertz CT molecular complexity index is 4070. The van der Waals surface area contributed by atoms with Crippen LogP contribution in [0.5, 0.6) is 0 Å². The van der Waals surface area contributed by atoms with Gasteiger partial charge in [-0.05, 0) is 84.9 Å². The van der Waals surface area contributed by atoms with Crippen LogP contribution in [0, 0.1) is 11.3 Å². The summed E-state index contributed by atoms with van der Waals surface area (Å²) in [6.45, 7) is 1.43. The molecule has 0 saturated heterocycles. The van der Waals surface area contributed by atoms with Crippen molar-refractivity contribution in [1.29, 1.82) is 5.26 Å². The minimum Gasteiger partial charge on any atom is -0.255 e. The Morgan fingerprint density at radius 2 is 0.430 bits per heavy atom. The summed E-state index contributed by atoms with van der Waals surface area (Å²) in [4.78, 5) is 13.4. The van der Waals surface area contributed by atoms with Crippen LogP contribution in [0.25, 0.3) is 11.4 Å². The van der Waals surface area contributed by atoms with E-state index in [1.807, 2.05) is 36.4 Å². The molecule has 3 heterocycles. The molecule has 15 rings (SSSR count). The summed E-state index contributed by atoms with van der Waals surface area (Å²) in [6.07, 6.45) is 1.10. The second-order valence-electron chi connectivity index (χ2n) is 23.5. The fraction of sp³-hybridized carbons (Fsp3) is 0.0112. The van der Waals surface area contributed by atoms with Crippen LogP contribution in [0.1, 0.15) is 6.92 Å². The zero-order valence-electron chi connectivity index (χ0n) is 55.8. The topological polar surface area (TPSA) is 86.5 Å². The maximum absolute atomic E-state index is 7.32. The Hall–Kier alpha value is -11.3. The molecule has 11 heteroatoms. The number of rotatable bonds is 17. The van der Waals surface area contributed by atoms with E-state index in [1.54, 1.807) is 18.5 Å². The molecule has 0 radical (unpaired) electrons. The van der Waals surface area contributed by atoms with Crippen molar-refractivity contribution in [2.75, 3.05) is 10.2 Å². The average Bonchev–Trinajstić information content (AvgIpc) is 0.745. The van der Waals surface area contributed by atoms with Gasteiger partial charge in [0.05, 0.1) is 17.5 Å². The van der Waals surface area contributed by atoms with E-state index in [9.17, 15) is 0 Å². The minimum atomic E-state index is -1.23. The maximum Gasteiger partial charge on any atom is 2.00 e. The van der Waals surface area contributed by atoms with Gasteiger partial charge in [-0.15, -0.1) is 0 Å². The third-order valence-electron chi connectivity index (χ3n) is 17.5. The molecule has 0 spiro atoms. The van der Waals surface area contributed by atoms with Crippen molar-refractivity contribution in [2.45, 2.75) is 6.92 Å². The smallest absolute Gasteiger partial charge is 0.255 e. The van der Waals surface area contributed by atoms with Gasteiger partial charge in [-0.3, -0.25) is 9.97 Å². The third kappa shape index (κ3) is 18.3. The van der Waals surface area contributed by atoms with E-state index in [0.29, 0.717) is 0 Å². The van der Waals surface area contributed by atoms with Crippen molar-refractivity contribution in [3.63, 3.8) is 0 Å². The molecule has 3 aromatic heterocycles. The maximum atomic E-state index is 7.32. The molecule has 0 unspecified atom stereocenters. The molecule has 100 heavy (non-hydrogen) atoms. The van der Waals surface area contributed by atoms with Gasteiger partial charge in [-0.1, -0.05) is 334 Å². The van der Waals surface area contributed by atoms with E-state index in [2.05, 4.69) is 402 Å². The van der Waals surface area contributed by atoms with E-state index in [-0.39, 0.29) is 17.1 Å². The first-order chi connectivity index (χ1) is 49.1. The van der Waals surface area contributed by atoms with E-state index >= 15 is 0 Å². The Labute approximate surface area is 603 Å². The Balaban J connectivity index is 0.000000148. The standard InChI is InChI=1S/C29H25N3P2.2C24H20B.C10H8N2.C2H3N.Fe/c1-5-14-24(15-6-1)33(25-16-7-2-8-17-25)31-28-22-13-23-29(30-28)32-34(26-18-9-3-10-19-26)27-20-11-4-12-21-27;2*1-5-13-21(14-6-1)25(22-15-7-2-8-16-22,23-17-9-3-10-18-23)24-19-11-4-12-20-24;1-3-7-11-9(5-1)10-6-2-4-8-12-10;1-2-3;/h1-23H,(H2,30,31,32);2*1-20H;1-8H;1H3;/q;2*-1;;;+2/p+2. The molecule has 6 nitrogen and oxygen atoms in total. The predicted octanol–water partition coefficient (Wildman–Crippen LogP) is 14.3. The monoisotopic (exact) mass is 1370 g/mol.